The molecular weight excluding hydrogens is 286 g/mol. The average molecular weight is 301 g/mol. The van der Waals surface area contributed by atoms with Crippen molar-refractivity contribution in [1.29, 1.82) is 0 Å². The molecule has 3 aromatic rings. The summed E-state index contributed by atoms with van der Waals surface area (Å²) in [6.07, 6.45) is 4.10. The van der Waals surface area contributed by atoms with Gasteiger partial charge in [0.25, 0.3) is 0 Å². The first-order valence-electron chi connectivity index (χ1n) is 6.99. The Kier molecular flexibility index (Phi) is 2.88. The molecule has 21 heavy (non-hydrogen) atoms. The Hall–Kier alpha value is -2.02. The highest BCUT2D eigenvalue weighted by molar-refractivity contribution is 7.26. The first-order chi connectivity index (χ1) is 10.3. The van der Waals surface area contributed by atoms with Gasteiger partial charge in [-0.3, -0.25) is 0 Å². The maximum Gasteiger partial charge on any atom is 0.236 e. The molecule has 4 heterocycles. The van der Waals surface area contributed by atoms with Crippen molar-refractivity contribution in [2.45, 2.75) is 19.8 Å². The van der Waals surface area contributed by atoms with Crippen molar-refractivity contribution in [2.75, 3.05) is 25.1 Å². The van der Waals surface area contributed by atoms with Crippen LogP contribution in [0.3, 0.4) is 0 Å². The summed E-state index contributed by atoms with van der Waals surface area (Å²) < 4.78 is 6.38. The Bertz CT molecular complexity index is 825. The minimum Gasteiger partial charge on any atom is -0.480 e. The molecule has 1 saturated heterocycles. The minimum atomic E-state index is 0.559. The summed E-state index contributed by atoms with van der Waals surface area (Å²) in [6.45, 7) is 4.13. The molecule has 108 valence electrons. The Morgan fingerprint density at radius 2 is 2.00 bits per heavy atom. The van der Waals surface area contributed by atoms with Crippen LogP contribution in [0.4, 0.5) is 5.82 Å². The fraction of sp³-hybridized carbons (Fsp3) is 0.429. The summed E-state index contributed by atoms with van der Waals surface area (Å²) in [7, 11) is 1.61. The quantitative estimate of drug-likeness (QED) is 0.725. The van der Waals surface area contributed by atoms with Crippen molar-refractivity contribution in [3.05, 3.63) is 11.9 Å². The number of fused-ring (bicyclic) bond motifs is 3. The van der Waals surface area contributed by atoms with Gasteiger partial charge in [0.1, 0.15) is 17.0 Å². The van der Waals surface area contributed by atoms with Crippen molar-refractivity contribution in [3.63, 3.8) is 0 Å². The molecule has 3 aromatic heterocycles. The molecule has 1 aliphatic heterocycles. The van der Waals surface area contributed by atoms with Crippen LogP contribution in [0, 0.1) is 6.92 Å². The molecule has 4 rings (SSSR count). The normalized spacial score (nSPS) is 15.2. The fourth-order valence-corrected chi connectivity index (χ4v) is 4.07. The number of methoxy groups -OCH3 is 1. The van der Waals surface area contributed by atoms with Gasteiger partial charge in [-0.1, -0.05) is 0 Å². The van der Waals surface area contributed by atoms with Crippen LogP contribution < -0.4 is 9.64 Å². The Balaban J connectivity index is 2.03. The second kappa shape index (κ2) is 4.77. The zero-order chi connectivity index (χ0) is 14.4. The summed E-state index contributed by atoms with van der Waals surface area (Å²) >= 11 is 1.61. The topological polar surface area (TPSA) is 64.0 Å². The molecule has 0 N–H and O–H groups in total. The third-order valence-electron chi connectivity index (χ3n) is 3.96. The molecule has 0 amide bonds. The molecule has 0 unspecified atom stereocenters. The van der Waals surface area contributed by atoms with E-state index >= 15 is 0 Å². The summed E-state index contributed by atoms with van der Waals surface area (Å²) in [4.78, 5) is 12.2. The Morgan fingerprint density at radius 3 is 2.76 bits per heavy atom. The van der Waals surface area contributed by atoms with E-state index in [4.69, 9.17) is 4.74 Å². The number of aromatic nitrogens is 4. The van der Waals surface area contributed by atoms with E-state index in [1.165, 1.54) is 12.8 Å². The first kappa shape index (κ1) is 12.7. The van der Waals surface area contributed by atoms with Crippen LogP contribution in [0.1, 0.15) is 18.4 Å². The number of aryl methyl sites for hydroxylation is 1. The van der Waals surface area contributed by atoms with Crippen molar-refractivity contribution in [3.8, 4) is 5.88 Å². The summed E-state index contributed by atoms with van der Waals surface area (Å²) in [6, 6.07) is 0. The third kappa shape index (κ3) is 1.84. The summed E-state index contributed by atoms with van der Waals surface area (Å²) in [5.41, 5.74) is 1.94. The van der Waals surface area contributed by atoms with Crippen LogP contribution in [0.2, 0.25) is 0 Å². The number of anilines is 1. The third-order valence-corrected chi connectivity index (χ3v) is 5.02. The molecule has 6 nitrogen and oxygen atoms in total. The molecule has 0 bridgehead atoms. The molecule has 0 atom stereocenters. The van der Waals surface area contributed by atoms with Gasteiger partial charge in [0.15, 0.2) is 0 Å². The SMILES string of the molecule is COc1nnc2sc3c(N4CCCC4)ncnc3c2c1C. The highest BCUT2D eigenvalue weighted by Gasteiger charge is 2.21. The lowest BCUT2D eigenvalue weighted by Crippen LogP contribution is -2.18. The van der Waals surface area contributed by atoms with E-state index in [-0.39, 0.29) is 0 Å². The van der Waals surface area contributed by atoms with Crippen molar-refractivity contribution < 1.29 is 4.74 Å². The maximum absolute atomic E-state index is 5.28. The predicted octanol–water partition coefficient (Wildman–Crippen LogP) is 2.55. The Labute approximate surface area is 125 Å². The number of thiophene rings is 1. The van der Waals surface area contributed by atoms with Gasteiger partial charge in [0.2, 0.25) is 5.88 Å². The van der Waals surface area contributed by atoms with Crippen LogP contribution >= 0.6 is 11.3 Å². The number of hydrogen-bond acceptors (Lipinski definition) is 7. The summed E-state index contributed by atoms with van der Waals surface area (Å²) in [5.74, 6) is 1.59. The van der Waals surface area contributed by atoms with Crippen LogP contribution in [0.25, 0.3) is 20.4 Å². The van der Waals surface area contributed by atoms with Gasteiger partial charge in [0.05, 0.1) is 17.3 Å². The second-order valence-electron chi connectivity index (χ2n) is 5.19. The molecule has 0 radical (unpaired) electrons. The molecule has 0 spiro atoms. The van der Waals surface area contributed by atoms with Gasteiger partial charge in [0, 0.05) is 24.0 Å². The van der Waals surface area contributed by atoms with Crippen LogP contribution in [0.15, 0.2) is 6.33 Å². The van der Waals surface area contributed by atoms with Crippen LogP contribution in [-0.2, 0) is 0 Å². The highest BCUT2D eigenvalue weighted by Crippen LogP contribution is 2.39. The average Bonchev–Trinajstić information content (AvgIpc) is 3.14. The van der Waals surface area contributed by atoms with Crippen molar-refractivity contribution in [2.24, 2.45) is 0 Å². The van der Waals surface area contributed by atoms with Gasteiger partial charge in [-0.2, -0.15) is 0 Å². The van der Waals surface area contributed by atoms with E-state index in [1.807, 2.05) is 6.92 Å². The highest BCUT2D eigenvalue weighted by atomic mass is 32.1. The maximum atomic E-state index is 5.28. The summed E-state index contributed by atoms with van der Waals surface area (Å²) in [5, 5.41) is 9.43. The molecular formula is C14H15N5OS. The number of hydrogen-bond donors (Lipinski definition) is 0. The van der Waals surface area contributed by atoms with E-state index < -0.39 is 0 Å². The van der Waals surface area contributed by atoms with Crippen molar-refractivity contribution >= 4 is 37.6 Å². The minimum absolute atomic E-state index is 0.559. The predicted molar refractivity (Wildman–Crippen MR) is 83.2 cm³/mol. The zero-order valence-electron chi connectivity index (χ0n) is 12.0. The molecule has 1 aliphatic rings. The van der Waals surface area contributed by atoms with Gasteiger partial charge in [-0.15, -0.1) is 21.5 Å². The largest absolute Gasteiger partial charge is 0.480 e. The van der Waals surface area contributed by atoms with E-state index in [1.54, 1.807) is 24.8 Å². The van der Waals surface area contributed by atoms with Gasteiger partial charge in [-0.25, -0.2) is 9.97 Å². The van der Waals surface area contributed by atoms with Gasteiger partial charge >= 0.3 is 0 Å². The smallest absolute Gasteiger partial charge is 0.236 e. The van der Waals surface area contributed by atoms with Gasteiger partial charge < -0.3 is 9.64 Å². The lowest BCUT2D eigenvalue weighted by Gasteiger charge is -2.16. The molecule has 7 heteroatoms. The Morgan fingerprint density at radius 1 is 1.19 bits per heavy atom. The monoisotopic (exact) mass is 301 g/mol. The van der Waals surface area contributed by atoms with E-state index in [0.29, 0.717) is 5.88 Å². The second-order valence-corrected chi connectivity index (χ2v) is 6.18. The van der Waals surface area contributed by atoms with Crippen LogP contribution in [0.5, 0.6) is 5.88 Å². The van der Waals surface area contributed by atoms with Crippen LogP contribution in [-0.4, -0.2) is 40.4 Å². The van der Waals surface area contributed by atoms with Gasteiger partial charge in [-0.05, 0) is 19.8 Å². The number of nitrogens with zero attached hydrogens (tertiary/aromatic N) is 5. The number of ether oxygens (including phenoxy) is 1. The standard InChI is InChI=1S/C14H15N5OS/c1-8-9-10-11(21-14(9)18-17-13(8)20-2)12(16-7-15-10)19-5-3-4-6-19/h7H,3-6H2,1-2H3. The lowest BCUT2D eigenvalue weighted by molar-refractivity contribution is 0.390. The molecule has 0 aliphatic carbocycles. The van der Waals surface area contributed by atoms with E-state index in [9.17, 15) is 0 Å². The molecule has 0 saturated carbocycles. The van der Waals surface area contributed by atoms with E-state index in [2.05, 4.69) is 25.1 Å². The molecule has 1 fully saturated rings. The molecule has 0 aromatic carbocycles. The fourth-order valence-electron chi connectivity index (χ4n) is 2.91. The number of rotatable bonds is 2. The lowest BCUT2D eigenvalue weighted by atomic mass is 10.2. The zero-order valence-corrected chi connectivity index (χ0v) is 12.8. The first-order valence-corrected chi connectivity index (χ1v) is 7.80. The van der Waals surface area contributed by atoms with Crippen molar-refractivity contribution in [1.82, 2.24) is 20.2 Å². The van der Waals surface area contributed by atoms with E-state index in [0.717, 1.165) is 44.9 Å².